The summed E-state index contributed by atoms with van der Waals surface area (Å²) in [6.45, 7) is 0. The van der Waals surface area contributed by atoms with Gasteiger partial charge >= 0.3 is 0 Å². The van der Waals surface area contributed by atoms with Crippen LogP contribution in [-0.4, -0.2) is 19.5 Å². The highest BCUT2D eigenvalue weighted by molar-refractivity contribution is 6.03. The fourth-order valence-electron chi connectivity index (χ4n) is 5.88. The van der Waals surface area contributed by atoms with E-state index in [0.29, 0.717) is 0 Å². The van der Waals surface area contributed by atoms with Crippen molar-refractivity contribution >= 4 is 17.1 Å². The summed E-state index contributed by atoms with van der Waals surface area (Å²) in [4.78, 5) is 16.3. The number of pyridine rings is 2. The van der Waals surface area contributed by atoms with E-state index in [2.05, 4.69) is 104 Å². The first-order valence-corrected chi connectivity index (χ1v) is 13.9. The number of anilines is 3. The zero-order chi connectivity index (χ0) is 27.9. The molecule has 5 heteroatoms. The Morgan fingerprint density at radius 1 is 0.476 bits per heavy atom. The van der Waals surface area contributed by atoms with Crippen LogP contribution >= 0.6 is 0 Å². The van der Waals surface area contributed by atoms with Crippen molar-refractivity contribution in [3.05, 3.63) is 152 Å². The smallest absolute Gasteiger partial charge is 0.144 e. The summed E-state index contributed by atoms with van der Waals surface area (Å²) in [7, 11) is 0. The van der Waals surface area contributed by atoms with Crippen molar-refractivity contribution in [3.63, 3.8) is 0 Å². The number of para-hydroxylation sites is 2. The van der Waals surface area contributed by atoms with Gasteiger partial charge in [0.2, 0.25) is 0 Å². The van der Waals surface area contributed by atoms with E-state index < -0.39 is 0 Å². The lowest BCUT2D eigenvalue weighted by Crippen LogP contribution is -2.11. The molecule has 0 saturated carbocycles. The first-order valence-electron chi connectivity index (χ1n) is 13.9. The summed E-state index contributed by atoms with van der Waals surface area (Å²) in [6, 6.07) is 42.3. The molecule has 0 spiro atoms. The average molecular weight is 540 g/mol. The number of rotatable bonds is 4. The highest BCUT2D eigenvalue weighted by atomic mass is 15.2. The molecular weight excluding hydrogens is 514 g/mol. The van der Waals surface area contributed by atoms with Gasteiger partial charge in [-0.05, 0) is 60.2 Å². The summed E-state index contributed by atoms with van der Waals surface area (Å²) in [6.07, 6.45) is 9.56. The molecule has 198 valence electrons. The molecule has 4 aromatic carbocycles. The van der Waals surface area contributed by atoms with E-state index in [1.54, 1.807) is 0 Å². The van der Waals surface area contributed by atoms with Crippen LogP contribution in [0.1, 0.15) is 0 Å². The number of fused-ring (bicyclic) bond motifs is 5. The van der Waals surface area contributed by atoms with E-state index >= 15 is 0 Å². The SMILES string of the molecule is c1ccc(-n2ccnc2-c2ccc3c(c2)N(c2cccc(-c4ccccn4)c2)c2ccccc2-c2cnccc2-3)cc1. The molecule has 0 aliphatic carbocycles. The quantitative estimate of drug-likeness (QED) is 0.224. The molecule has 0 unspecified atom stereocenters. The van der Waals surface area contributed by atoms with Crippen molar-refractivity contribution in [2.75, 3.05) is 4.90 Å². The average Bonchev–Trinajstić information content (AvgIpc) is 3.52. The summed E-state index contributed by atoms with van der Waals surface area (Å²) >= 11 is 0. The molecule has 0 bridgehead atoms. The number of imidazole rings is 1. The summed E-state index contributed by atoms with van der Waals surface area (Å²) < 4.78 is 2.14. The molecule has 0 fully saturated rings. The normalized spacial score (nSPS) is 11.8. The highest BCUT2D eigenvalue weighted by Crippen LogP contribution is 2.51. The molecule has 0 atom stereocenters. The molecule has 42 heavy (non-hydrogen) atoms. The van der Waals surface area contributed by atoms with Crippen LogP contribution in [0.2, 0.25) is 0 Å². The molecule has 0 saturated heterocycles. The lowest BCUT2D eigenvalue weighted by atomic mass is 9.96. The van der Waals surface area contributed by atoms with Crippen molar-refractivity contribution < 1.29 is 0 Å². The Morgan fingerprint density at radius 3 is 2.21 bits per heavy atom. The van der Waals surface area contributed by atoms with Crippen molar-refractivity contribution in [2.45, 2.75) is 0 Å². The Morgan fingerprint density at radius 2 is 1.31 bits per heavy atom. The zero-order valence-corrected chi connectivity index (χ0v) is 22.7. The third kappa shape index (κ3) is 3.99. The Hall–Kier alpha value is -5.81. The maximum atomic E-state index is 4.80. The van der Waals surface area contributed by atoms with E-state index in [1.807, 2.05) is 67.4 Å². The Kier molecular flexibility index (Phi) is 5.71. The molecule has 0 radical (unpaired) electrons. The zero-order valence-electron chi connectivity index (χ0n) is 22.7. The van der Waals surface area contributed by atoms with Gasteiger partial charge in [-0.3, -0.25) is 14.5 Å². The second-order valence-electron chi connectivity index (χ2n) is 10.2. The van der Waals surface area contributed by atoms with Gasteiger partial charge in [-0.15, -0.1) is 0 Å². The second-order valence-corrected chi connectivity index (χ2v) is 10.2. The van der Waals surface area contributed by atoms with Gasteiger partial charge in [-0.1, -0.05) is 66.7 Å². The van der Waals surface area contributed by atoms with Crippen LogP contribution in [0, 0.1) is 0 Å². The minimum absolute atomic E-state index is 0.888. The van der Waals surface area contributed by atoms with Gasteiger partial charge in [-0.2, -0.15) is 0 Å². The number of benzene rings is 4. The van der Waals surface area contributed by atoms with Crippen molar-refractivity contribution in [1.29, 1.82) is 0 Å². The van der Waals surface area contributed by atoms with Crippen LogP contribution < -0.4 is 4.90 Å². The third-order valence-corrected chi connectivity index (χ3v) is 7.78. The standard InChI is InChI=1S/C37H25N5/c1-2-10-28(11-3-1)41-22-21-40-37(41)27-16-17-32-30-18-20-38-25-33(30)31-13-4-5-15-35(31)42(36(32)24-27)29-12-8-9-26(23-29)34-14-6-7-19-39-34/h1-25H. The summed E-state index contributed by atoms with van der Waals surface area (Å²) in [5, 5.41) is 0. The number of hydrogen-bond donors (Lipinski definition) is 0. The fraction of sp³-hybridized carbons (Fsp3) is 0. The maximum Gasteiger partial charge on any atom is 0.144 e. The van der Waals surface area contributed by atoms with Crippen LogP contribution in [0.5, 0.6) is 0 Å². The number of nitrogens with zero attached hydrogens (tertiary/aromatic N) is 5. The lowest BCUT2D eigenvalue weighted by Gasteiger charge is -2.28. The molecule has 4 heterocycles. The molecule has 1 aliphatic rings. The molecule has 0 amide bonds. The number of hydrogen-bond acceptors (Lipinski definition) is 4. The first kappa shape index (κ1) is 24.0. The number of aromatic nitrogens is 4. The van der Waals surface area contributed by atoms with Gasteiger partial charge < -0.3 is 4.90 Å². The monoisotopic (exact) mass is 539 g/mol. The van der Waals surface area contributed by atoms with Gasteiger partial charge in [0.15, 0.2) is 0 Å². The van der Waals surface area contributed by atoms with Crippen LogP contribution in [0.25, 0.3) is 50.6 Å². The van der Waals surface area contributed by atoms with Gasteiger partial charge in [0.25, 0.3) is 0 Å². The van der Waals surface area contributed by atoms with Gasteiger partial charge in [0.05, 0.1) is 17.1 Å². The second kappa shape index (κ2) is 9.98. The van der Waals surface area contributed by atoms with E-state index in [0.717, 1.165) is 67.6 Å². The Labute approximate surface area is 244 Å². The molecule has 5 nitrogen and oxygen atoms in total. The maximum absolute atomic E-state index is 4.80. The minimum atomic E-state index is 0.888. The fourth-order valence-corrected chi connectivity index (χ4v) is 5.88. The Bertz CT molecular complexity index is 2050. The van der Waals surface area contributed by atoms with Gasteiger partial charge in [-0.25, -0.2) is 4.98 Å². The van der Waals surface area contributed by atoms with E-state index in [1.165, 1.54) is 0 Å². The molecular formula is C37H25N5. The van der Waals surface area contributed by atoms with E-state index in [9.17, 15) is 0 Å². The summed E-state index contributed by atoms with van der Waals surface area (Å²) in [5.41, 5.74) is 11.8. The predicted octanol–water partition coefficient (Wildman–Crippen LogP) is 9.11. The van der Waals surface area contributed by atoms with E-state index in [-0.39, 0.29) is 0 Å². The van der Waals surface area contributed by atoms with Crippen LogP contribution in [0.3, 0.4) is 0 Å². The van der Waals surface area contributed by atoms with Crippen molar-refractivity contribution in [3.8, 4) is 50.6 Å². The first-order chi connectivity index (χ1) is 20.8. The van der Waals surface area contributed by atoms with Gasteiger partial charge in [0, 0.05) is 70.2 Å². The molecule has 1 aliphatic heterocycles. The predicted molar refractivity (Wildman–Crippen MR) is 169 cm³/mol. The van der Waals surface area contributed by atoms with Crippen LogP contribution in [0.15, 0.2) is 152 Å². The summed E-state index contributed by atoms with van der Waals surface area (Å²) in [5.74, 6) is 0.888. The molecule has 3 aromatic heterocycles. The largest absolute Gasteiger partial charge is 0.309 e. The van der Waals surface area contributed by atoms with Crippen LogP contribution in [0.4, 0.5) is 17.1 Å². The van der Waals surface area contributed by atoms with E-state index in [4.69, 9.17) is 4.98 Å². The molecule has 8 rings (SSSR count). The van der Waals surface area contributed by atoms with Crippen molar-refractivity contribution in [1.82, 2.24) is 19.5 Å². The van der Waals surface area contributed by atoms with Gasteiger partial charge in [0.1, 0.15) is 5.82 Å². The van der Waals surface area contributed by atoms with Crippen molar-refractivity contribution in [2.24, 2.45) is 0 Å². The molecule has 7 aromatic rings. The molecule has 0 N–H and O–H groups in total. The Balaban J connectivity index is 1.39. The van der Waals surface area contributed by atoms with Crippen LogP contribution in [-0.2, 0) is 0 Å². The highest BCUT2D eigenvalue weighted by Gasteiger charge is 2.27. The third-order valence-electron chi connectivity index (χ3n) is 7.78. The lowest BCUT2D eigenvalue weighted by molar-refractivity contribution is 1.07. The topological polar surface area (TPSA) is 46.8 Å². The minimum Gasteiger partial charge on any atom is -0.309 e.